The summed E-state index contributed by atoms with van der Waals surface area (Å²) in [5, 5.41) is 14.7. The normalized spacial score (nSPS) is 19.1. The number of rotatable bonds is 3. The number of ether oxygens (including phenoxy) is 1. The third-order valence-corrected chi connectivity index (χ3v) is 3.09. The Bertz CT molecular complexity index is 519. The number of tetrazole rings is 1. The number of hydrogen-bond donors (Lipinski definition) is 1. The van der Waals surface area contributed by atoms with Crippen molar-refractivity contribution in [1.29, 1.82) is 0 Å². The summed E-state index contributed by atoms with van der Waals surface area (Å²) >= 11 is 0. The Morgan fingerprint density at radius 2 is 2.39 bits per heavy atom. The van der Waals surface area contributed by atoms with E-state index in [0.717, 1.165) is 36.6 Å². The minimum Gasteiger partial charge on any atom is -0.380 e. The lowest BCUT2D eigenvalue weighted by Gasteiger charge is -2.14. The molecule has 0 aliphatic carbocycles. The van der Waals surface area contributed by atoms with Crippen LogP contribution in [0.5, 0.6) is 0 Å². The first-order chi connectivity index (χ1) is 8.83. The first-order valence-electron chi connectivity index (χ1n) is 6.01. The van der Waals surface area contributed by atoms with Gasteiger partial charge in [0.1, 0.15) is 6.33 Å². The van der Waals surface area contributed by atoms with Gasteiger partial charge in [-0.15, -0.1) is 5.10 Å². The molecule has 94 valence electrons. The highest BCUT2D eigenvalue weighted by Gasteiger charge is 2.15. The maximum Gasteiger partial charge on any atom is 0.143 e. The second kappa shape index (κ2) is 4.73. The summed E-state index contributed by atoms with van der Waals surface area (Å²) in [5.74, 6) is 0. The van der Waals surface area contributed by atoms with E-state index in [1.807, 2.05) is 19.1 Å². The number of aryl methyl sites for hydroxylation is 1. The van der Waals surface area contributed by atoms with Crippen LogP contribution in [0.15, 0.2) is 24.5 Å². The lowest BCUT2D eigenvalue weighted by Crippen LogP contribution is -2.18. The molecule has 0 bridgehead atoms. The molecule has 1 aromatic carbocycles. The molecule has 1 unspecified atom stereocenters. The molecule has 1 aromatic heterocycles. The molecule has 0 amide bonds. The van der Waals surface area contributed by atoms with Gasteiger partial charge in [0.05, 0.1) is 18.3 Å². The molecule has 1 fully saturated rings. The average molecular weight is 245 g/mol. The van der Waals surface area contributed by atoms with Crippen molar-refractivity contribution in [2.75, 3.05) is 18.5 Å². The fraction of sp³-hybridized carbons (Fsp3) is 0.417. The van der Waals surface area contributed by atoms with Gasteiger partial charge in [-0.2, -0.15) is 0 Å². The van der Waals surface area contributed by atoms with E-state index >= 15 is 0 Å². The lowest BCUT2D eigenvalue weighted by molar-refractivity contribution is 0.195. The fourth-order valence-electron chi connectivity index (χ4n) is 2.16. The van der Waals surface area contributed by atoms with Crippen molar-refractivity contribution in [3.63, 3.8) is 0 Å². The zero-order valence-corrected chi connectivity index (χ0v) is 10.2. The van der Waals surface area contributed by atoms with Crippen LogP contribution in [0.25, 0.3) is 5.69 Å². The number of nitrogens with one attached hydrogen (secondary N) is 1. The number of nitrogens with zero attached hydrogens (tertiary/aromatic N) is 4. The highest BCUT2D eigenvalue weighted by molar-refractivity contribution is 5.53. The summed E-state index contributed by atoms with van der Waals surface area (Å²) in [4.78, 5) is 0. The molecule has 3 rings (SSSR count). The first kappa shape index (κ1) is 11.2. The summed E-state index contributed by atoms with van der Waals surface area (Å²) in [6.07, 6.45) is 2.66. The van der Waals surface area contributed by atoms with E-state index in [1.165, 1.54) is 0 Å². The van der Waals surface area contributed by atoms with Crippen molar-refractivity contribution in [3.8, 4) is 5.69 Å². The van der Waals surface area contributed by atoms with Crippen LogP contribution in [-0.4, -0.2) is 39.5 Å². The predicted octanol–water partition coefficient (Wildman–Crippen LogP) is 1.17. The topological polar surface area (TPSA) is 64.9 Å². The van der Waals surface area contributed by atoms with Gasteiger partial charge in [0.25, 0.3) is 0 Å². The second-order valence-corrected chi connectivity index (χ2v) is 4.46. The number of anilines is 1. The highest BCUT2D eigenvalue weighted by Crippen LogP contribution is 2.20. The van der Waals surface area contributed by atoms with E-state index in [2.05, 4.69) is 26.9 Å². The molecule has 1 atom stereocenters. The SMILES string of the molecule is Cc1cc(NC2CCOC2)ccc1-n1cnnn1. The third-order valence-electron chi connectivity index (χ3n) is 3.09. The highest BCUT2D eigenvalue weighted by atomic mass is 16.5. The maximum absolute atomic E-state index is 5.35. The zero-order chi connectivity index (χ0) is 12.4. The Morgan fingerprint density at radius 3 is 3.06 bits per heavy atom. The summed E-state index contributed by atoms with van der Waals surface area (Å²) in [5.41, 5.74) is 3.24. The molecular formula is C12H15N5O. The van der Waals surface area contributed by atoms with E-state index < -0.39 is 0 Å². The van der Waals surface area contributed by atoms with Crippen LogP contribution in [0.4, 0.5) is 5.69 Å². The third kappa shape index (κ3) is 2.19. The standard InChI is InChI=1S/C12H15N5O/c1-9-6-10(14-11-4-5-18-7-11)2-3-12(9)17-8-13-15-16-17/h2-3,6,8,11,14H,4-5,7H2,1H3. The van der Waals surface area contributed by atoms with Crippen molar-refractivity contribution in [2.45, 2.75) is 19.4 Å². The van der Waals surface area contributed by atoms with Gasteiger partial charge in [0.2, 0.25) is 0 Å². The molecule has 2 aromatic rings. The van der Waals surface area contributed by atoms with Crippen LogP contribution >= 0.6 is 0 Å². The van der Waals surface area contributed by atoms with Crippen molar-refractivity contribution in [3.05, 3.63) is 30.1 Å². The molecule has 18 heavy (non-hydrogen) atoms. The van der Waals surface area contributed by atoms with Crippen molar-refractivity contribution < 1.29 is 4.74 Å². The van der Waals surface area contributed by atoms with E-state index in [-0.39, 0.29) is 0 Å². The van der Waals surface area contributed by atoms with Gasteiger partial charge in [-0.05, 0) is 47.5 Å². The van der Waals surface area contributed by atoms with Gasteiger partial charge < -0.3 is 10.1 Å². The molecule has 6 heteroatoms. The number of aromatic nitrogens is 4. The van der Waals surface area contributed by atoms with Gasteiger partial charge >= 0.3 is 0 Å². The second-order valence-electron chi connectivity index (χ2n) is 4.46. The van der Waals surface area contributed by atoms with Crippen molar-refractivity contribution in [1.82, 2.24) is 20.2 Å². The van der Waals surface area contributed by atoms with E-state index in [9.17, 15) is 0 Å². The van der Waals surface area contributed by atoms with Gasteiger partial charge in [-0.1, -0.05) is 0 Å². The van der Waals surface area contributed by atoms with Crippen LogP contribution in [0.2, 0.25) is 0 Å². The molecule has 6 nitrogen and oxygen atoms in total. The maximum atomic E-state index is 5.35. The summed E-state index contributed by atoms with van der Waals surface area (Å²) in [7, 11) is 0. The summed E-state index contributed by atoms with van der Waals surface area (Å²) in [6, 6.07) is 6.59. The molecule has 1 aliphatic rings. The quantitative estimate of drug-likeness (QED) is 0.879. The first-order valence-corrected chi connectivity index (χ1v) is 6.01. The van der Waals surface area contributed by atoms with Crippen molar-refractivity contribution >= 4 is 5.69 Å². The summed E-state index contributed by atoms with van der Waals surface area (Å²) < 4.78 is 7.01. The fourth-order valence-corrected chi connectivity index (χ4v) is 2.16. The van der Waals surface area contributed by atoms with Crippen LogP contribution in [0, 0.1) is 6.92 Å². The van der Waals surface area contributed by atoms with Gasteiger partial charge in [-0.3, -0.25) is 0 Å². The number of benzene rings is 1. The van der Waals surface area contributed by atoms with Crippen LogP contribution in [-0.2, 0) is 4.74 Å². The molecule has 0 spiro atoms. The van der Waals surface area contributed by atoms with Crippen molar-refractivity contribution in [2.24, 2.45) is 0 Å². The van der Waals surface area contributed by atoms with E-state index in [4.69, 9.17) is 4.74 Å². The molecule has 2 heterocycles. The van der Waals surface area contributed by atoms with Gasteiger partial charge in [-0.25, -0.2) is 4.68 Å². The molecule has 1 saturated heterocycles. The predicted molar refractivity (Wildman–Crippen MR) is 66.7 cm³/mol. The molecule has 0 saturated carbocycles. The summed E-state index contributed by atoms with van der Waals surface area (Å²) in [6.45, 7) is 3.68. The van der Waals surface area contributed by atoms with Gasteiger partial charge in [0.15, 0.2) is 0 Å². The Kier molecular flexibility index (Phi) is 2.93. The van der Waals surface area contributed by atoms with Crippen LogP contribution in [0.1, 0.15) is 12.0 Å². The smallest absolute Gasteiger partial charge is 0.143 e. The minimum absolute atomic E-state index is 0.420. The van der Waals surface area contributed by atoms with Crippen LogP contribution in [0.3, 0.4) is 0 Å². The zero-order valence-electron chi connectivity index (χ0n) is 10.2. The van der Waals surface area contributed by atoms with Crippen LogP contribution < -0.4 is 5.32 Å². The molecule has 1 N–H and O–H groups in total. The minimum atomic E-state index is 0.420. The Balaban J connectivity index is 1.80. The monoisotopic (exact) mass is 245 g/mol. The van der Waals surface area contributed by atoms with E-state index in [1.54, 1.807) is 11.0 Å². The largest absolute Gasteiger partial charge is 0.380 e. The van der Waals surface area contributed by atoms with E-state index in [0.29, 0.717) is 6.04 Å². The van der Waals surface area contributed by atoms with Gasteiger partial charge in [0, 0.05) is 12.3 Å². The molecule has 0 radical (unpaired) electrons. The molecule has 1 aliphatic heterocycles. The molecular weight excluding hydrogens is 230 g/mol. The Labute approximate surface area is 105 Å². The Hall–Kier alpha value is -1.95. The average Bonchev–Trinajstić information content (AvgIpc) is 3.01. The number of hydrogen-bond acceptors (Lipinski definition) is 5. The lowest BCUT2D eigenvalue weighted by atomic mass is 10.1. The Morgan fingerprint density at radius 1 is 1.44 bits per heavy atom.